The van der Waals surface area contributed by atoms with E-state index in [0.717, 1.165) is 0 Å². The lowest BCUT2D eigenvalue weighted by Crippen LogP contribution is -2.43. The normalized spacial score (nSPS) is 12.6. The van der Waals surface area contributed by atoms with Crippen LogP contribution in [0.2, 0.25) is 5.02 Å². The number of nitrogens with two attached hydrogens (primary N) is 1. The highest BCUT2D eigenvalue weighted by Crippen LogP contribution is 2.18. The van der Waals surface area contributed by atoms with E-state index in [1.54, 1.807) is 39.8 Å². The Morgan fingerprint density at radius 3 is 2.52 bits per heavy atom. The van der Waals surface area contributed by atoms with Crippen LogP contribution in [0, 0.1) is 0 Å². The summed E-state index contributed by atoms with van der Waals surface area (Å²) in [6.07, 6.45) is 0.418. The highest BCUT2D eigenvalue weighted by atomic mass is 35.5. The number of nitrogens with one attached hydrogen (secondary N) is 1. The summed E-state index contributed by atoms with van der Waals surface area (Å²) in [5, 5.41) is 3.02. The van der Waals surface area contributed by atoms with Gasteiger partial charge in [-0.3, -0.25) is 4.79 Å². The van der Waals surface area contributed by atoms with E-state index >= 15 is 0 Å². The smallest absolute Gasteiger partial charge is 0.329 e. The lowest BCUT2D eigenvalue weighted by atomic mass is 10.1. The van der Waals surface area contributed by atoms with Crippen molar-refractivity contribution in [1.82, 2.24) is 5.32 Å². The predicted octanol–water partition coefficient (Wildman–Crippen LogP) is 2.77. The third kappa shape index (κ3) is 5.27. The number of amides is 1. The maximum Gasteiger partial charge on any atom is 0.329 e. The number of esters is 1. The molecule has 0 saturated heterocycles. The second-order valence-corrected chi connectivity index (χ2v) is 6.14. The average molecular weight is 313 g/mol. The van der Waals surface area contributed by atoms with Crippen LogP contribution in [-0.4, -0.2) is 23.5 Å². The molecule has 0 aromatic heterocycles. The van der Waals surface area contributed by atoms with Crippen molar-refractivity contribution in [2.45, 2.75) is 45.8 Å². The molecule has 1 unspecified atom stereocenters. The zero-order valence-electron chi connectivity index (χ0n) is 12.7. The number of nitrogen functional groups attached to an aromatic ring is 1. The molecular formula is C15H21ClN2O3. The van der Waals surface area contributed by atoms with Gasteiger partial charge in [-0.15, -0.1) is 0 Å². The van der Waals surface area contributed by atoms with Gasteiger partial charge in [0.25, 0.3) is 5.91 Å². The van der Waals surface area contributed by atoms with Gasteiger partial charge in [0.05, 0.1) is 5.56 Å². The Labute approximate surface area is 129 Å². The van der Waals surface area contributed by atoms with Crippen LogP contribution >= 0.6 is 11.6 Å². The molecular weight excluding hydrogens is 292 g/mol. The molecule has 6 heteroatoms. The van der Waals surface area contributed by atoms with E-state index in [2.05, 4.69) is 5.32 Å². The molecule has 1 atom stereocenters. The number of benzene rings is 1. The second-order valence-electron chi connectivity index (χ2n) is 5.70. The molecule has 1 aromatic carbocycles. The first-order valence-electron chi connectivity index (χ1n) is 6.72. The van der Waals surface area contributed by atoms with Crippen LogP contribution in [0.5, 0.6) is 0 Å². The summed E-state index contributed by atoms with van der Waals surface area (Å²) >= 11 is 5.85. The van der Waals surface area contributed by atoms with Crippen LogP contribution in [0.1, 0.15) is 44.5 Å². The molecule has 5 nitrogen and oxygen atoms in total. The lowest BCUT2D eigenvalue weighted by Gasteiger charge is -2.24. The van der Waals surface area contributed by atoms with Crippen LogP contribution in [-0.2, 0) is 9.53 Å². The molecule has 0 aliphatic rings. The molecule has 0 radical (unpaired) electrons. The van der Waals surface area contributed by atoms with Gasteiger partial charge in [-0.25, -0.2) is 4.79 Å². The van der Waals surface area contributed by atoms with Crippen molar-refractivity contribution in [3.05, 3.63) is 28.8 Å². The molecule has 1 aromatic rings. The van der Waals surface area contributed by atoms with Gasteiger partial charge in [0.2, 0.25) is 0 Å². The Balaban J connectivity index is 2.84. The van der Waals surface area contributed by atoms with Gasteiger partial charge < -0.3 is 15.8 Å². The zero-order valence-corrected chi connectivity index (χ0v) is 13.5. The largest absolute Gasteiger partial charge is 0.458 e. The quantitative estimate of drug-likeness (QED) is 0.661. The first-order chi connectivity index (χ1) is 9.64. The van der Waals surface area contributed by atoms with E-state index in [1.165, 1.54) is 6.07 Å². The molecule has 0 heterocycles. The van der Waals surface area contributed by atoms with Gasteiger partial charge in [0.15, 0.2) is 0 Å². The van der Waals surface area contributed by atoms with Crippen molar-refractivity contribution < 1.29 is 14.3 Å². The fourth-order valence-electron chi connectivity index (χ4n) is 1.66. The van der Waals surface area contributed by atoms with Gasteiger partial charge in [-0.2, -0.15) is 0 Å². The fourth-order valence-corrected chi connectivity index (χ4v) is 1.83. The van der Waals surface area contributed by atoms with Crippen molar-refractivity contribution >= 4 is 29.2 Å². The van der Waals surface area contributed by atoms with Crippen molar-refractivity contribution in [3.8, 4) is 0 Å². The van der Waals surface area contributed by atoms with Gasteiger partial charge in [-0.05, 0) is 45.4 Å². The maximum absolute atomic E-state index is 12.2. The summed E-state index contributed by atoms with van der Waals surface area (Å²) in [5.41, 5.74) is 5.68. The zero-order chi connectivity index (χ0) is 16.2. The number of hydrogen-bond acceptors (Lipinski definition) is 4. The van der Waals surface area contributed by atoms with Gasteiger partial charge in [0, 0.05) is 10.7 Å². The number of hydrogen-bond donors (Lipinski definition) is 2. The van der Waals surface area contributed by atoms with Crippen LogP contribution in [0.25, 0.3) is 0 Å². The molecule has 0 spiro atoms. The summed E-state index contributed by atoms with van der Waals surface area (Å²) in [5.74, 6) is -0.924. The molecule has 3 N–H and O–H groups in total. The summed E-state index contributed by atoms with van der Waals surface area (Å²) < 4.78 is 5.27. The molecule has 0 bridgehead atoms. The molecule has 0 fully saturated rings. The summed E-state index contributed by atoms with van der Waals surface area (Å²) in [7, 11) is 0. The van der Waals surface area contributed by atoms with E-state index in [9.17, 15) is 9.59 Å². The van der Waals surface area contributed by atoms with Crippen molar-refractivity contribution in [2.24, 2.45) is 0 Å². The Morgan fingerprint density at radius 2 is 2.00 bits per heavy atom. The minimum atomic E-state index is -0.727. The third-order valence-corrected chi connectivity index (χ3v) is 2.90. The first kappa shape index (κ1) is 17.3. The summed E-state index contributed by atoms with van der Waals surface area (Å²) in [6, 6.07) is 3.88. The number of carbonyl (C=O) groups excluding carboxylic acids is 2. The minimum Gasteiger partial charge on any atom is -0.458 e. The summed E-state index contributed by atoms with van der Waals surface area (Å²) in [4.78, 5) is 24.2. The van der Waals surface area contributed by atoms with E-state index in [1.807, 2.05) is 0 Å². The molecule has 21 heavy (non-hydrogen) atoms. The molecule has 0 saturated carbocycles. The first-order valence-corrected chi connectivity index (χ1v) is 7.10. The summed E-state index contributed by atoms with van der Waals surface area (Å²) in [6.45, 7) is 7.10. The third-order valence-electron chi connectivity index (χ3n) is 2.66. The number of halogens is 1. The van der Waals surface area contributed by atoms with Crippen LogP contribution < -0.4 is 11.1 Å². The van der Waals surface area contributed by atoms with Crippen LogP contribution in [0.3, 0.4) is 0 Å². The predicted molar refractivity (Wildman–Crippen MR) is 83.3 cm³/mol. The number of anilines is 1. The molecule has 0 aliphatic carbocycles. The average Bonchev–Trinajstić information content (AvgIpc) is 2.36. The molecule has 1 amide bonds. The number of carbonyl (C=O) groups is 2. The lowest BCUT2D eigenvalue weighted by molar-refractivity contribution is -0.157. The number of rotatable bonds is 4. The van der Waals surface area contributed by atoms with Crippen molar-refractivity contribution in [3.63, 3.8) is 0 Å². The van der Waals surface area contributed by atoms with Crippen molar-refractivity contribution in [2.75, 3.05) is 5.73 Å². The van der Waals surface area contributed by atoms with E-state index in [0.29, 0.717) is 17.1 Å². The Hall–Kier alpha value is -1.75. The van der Waals surface area contributed by atoms with Crippen LogP contribution in [0.4, 0.5) is 5.69 Å². The highest BCUT2D eigenvalue weighted by molar-refractivity contribution is 6.31. The standard InChI is InChI=1S/C15H21ClN2O3/c1-5-12(14(20)21-15(2,3)4)18-13(19)10-8-9(16)6-7-11(10)17/h6-8,12H,5,17H2,1-4H3,(H,18,19). The second kappa shape index (κ2) is 6.80. The Kier molecular flexibility index (Phi) is 5.61. The van der Waals surface area contributed by atoms with E-state index < -0.39 is 23.5 Å². The monoisotopic (exact) mass is 312 g/mol. The molecule has 116 valence electrons. The van der Waals surface area contributed by atoms with Gasteiger partial charge in [-0.1, -0.05) is 18.5 Å². The Bertz CT molecular complexity index is 538. The molecule has 0 aliphatic heterocycles. The molecule has 1 rings (SSSR count). The topological polar surface area (TPSA) is 81.4 Å². The van der Waals surface area contributed by atoms with Gasteiger partial charge in [0.1, 0.15) is 11.6 Å². The van der Waals surface area contributed by atoms with E-state index in [4.69, 9.17) is 22.1 Å². The maximum atomic E-state index is 12.2. The van der Waals surface area contributed by atoms with E-state index in [-0.39, 0.29) is 5.56 Å². The SMILES string of the molecule is CCC(NC(=O)c1cc(Cl)ccc1N)C(=O)OC(C)(C)C. The van der Waals surface area contributed by atoms with Crippen molar-refractivity contribution in [1.29, 1.82) is 0 Å². The van der Waals surface area contributed by atoms with Gasteiger partial charge >= 0.3 is 5.97 Å². The fraction of sp³-hybridized carbons (Fsp3) is 0.467. The minimum absolute atomic E-state index is 0.240. The highest BCUT2D eigenvalue weighted by Gasteiger charge is 2.26. The Morgan fingerprint density at radius 1 is 1.38 bits per heavy atom. The number of ether oxygens (including phenoxy) is 1. The van der Waals surface area contributed by atoms with Crippen LogP contribution in [0.15, 0.2) is 18.2 Å².